The molecule has 0 saturated carbocycles. The van der Waals surface area contributed by atoms with Gasteiger partial charge in [0.15, 0.2) is 0 Å². The first-order chi connectivity index (χ1) is 7.67. The number of halogens is 1. The monoisotopic (exact) mass is 264 g/mol. The van der Waals surface area contributed by atoms with Crippen molar-refractivity contribution < 1.29 is 14.3 Å². The molecule has 2 unspecified atom stereocenters. The smallest absolute Gasteiger partial charge is 0.328 e. The molecule has 17 heavy (non-hydrogen) atoms. The van der Waals surface area contributed by atoms with Crippen molar-refractivity contribution in [2.45, 2.75) is 44.7 Å². The highest BCUT2D eigenvalue weighted by atomic mass is 35.5. The number of rotatable bonds is 5. The molecule has 1 saturated heterocycles. The Morgan fingerprint density at radius 2 is 2.24 bits per heavy atom. The van der Waals surface area contributed by atoms with Crippen LogP contribution in [-0.4, -0.2) is 37.6 Å². The standard InChI is InChI=1S/C11H20N2O3.ClH/c1-3-9(11(15)16-2)13-10(14)7-8-5-4-6-12-8;/h8-9,12H,3-7H2,1-2H3,(H,13,14);1H. The number of carbonyl (C=O) groups excluding carboxylic acids is 2. The Bertz CT molecular complexity index is 255. The normalized spacial score (nSPS) is 20.2. The molecule has 1 amide bonds. The molecule has 0 bridgehead atoms. The van der Waals surface area contributed by atoms with Gasteiger partial charge in [-0.05, 0) is 25.8 Å². The molecule has 0 aromatic heterocycles. The summed E-state index contributed by atoms with van der Waals surface area (Å²) in [6.07, 6.45) is 3.14. The minimum Gasteiger partial charge on any atom is -0.467 e. The molecule has 1 rings (SSSR count). The summed E-state index contributed by atoms with van der Waals surface area (Å²) in [7, 11) is 1.33. The van der Waals surface area contributed by atoms with Gasteiger partial charge in [-0.1, -0.05) is 6.92 Å². The molecule has 0 aliphatic carbocycles. The van der Waals surface area contributed by atoms with E-state index in [1.807, 2.05) is 6.92 Å². The third kappa shape index (κ3) is 5.37. The number of ether oxygens (including phenoxy) is 1. The van der Waals surface area contributed by atoms with Gasteiger partial charge < -0.3 is 15.4 Å². The molecule has 0 spiro atoms. The van der Waals surface area contributed by atoms with Crippen molar-refractivity contribution in [1.82, 2.24) is 10.6 Å². The maximum Gasteiger partial charge on any atom is 0.328 e. The molecular weight excluding hydrogens is 244 g/mol. The van der Waals surface area contributed by atoms with Gasteiger partial charge in [0.1, 0.15) is 6.04 Å². The van der Waals surface area contributed by atoms with E-state index in [1.165, 1.54) is 7.11 Å². The predicted octanol–water partition coefficient (Wildman–Crippen LogP) is 0.618. The van der Waals surface area contributed by atoms with Crippen molar-refractivity contribution in [2.75, 3.05) is 13.7 Å². The summed E-state index contributed by atoms with van der Waals surface area (Å²) in [6, 6.07) is -0.256. The van der Waals surface area contributed by atoms with E-state index in [-0.39, 0.29) is 30.3 Å². The van der Waals surface area contributed by atoms with Crippen LogP contribution in [0.15, 0.2) is 0 Å². The van der Waals surface area contributed by atoms with Gasteiger partial charge in [0.05, 0.1) is 7.11 Å². The summed E-state index contributed by atoms with van der Waals surface area (Å²) in [5, 5.41) is 5.94. The molecule has 1 aliphatic rings. The highest BCUT2D eigenvalue weighted by Gasteiger charge is 2.22. The first-order valence-corrected chi connectivity index (χ1v) is 5.78. The third-order valence-corrected chi connectivity index (χ3v) is 2.82. The number of methoxy groups -OCH3 is 1. The molecule has 5 nitrogen and oxygen atoms in total. The SMILES string of the molecule is CCC(NC(=O)CC1CCCN1)C(=O)OC.Cl. The first kappa shape index (κ1) is 16.2. The second kappa shape index (κ2) is 8.31. The van der Waals surface area contributed by atoms with Crippen LogP contribution < -0.4 is 10.6 Å². The van der Waals surface area contributed by atoms with Crippen molar-refractivity contribution in [3.05, 3.63) is 0 Å². The Morgan fingerprint density at radius 3 is 2.71 bits per heavy atom. The Kier molecular flexibility index (Phi) is 7.91. The van der Waals surface area contributed by atoms with E-state index in [9.17, 15) is 9.59 Å². The number of hydrogen-bond acceptors (Lipinski definition) is 4. The molecule has 100 valence electrons. The van der Waals surface area contributed by atoms with Gasteiger partial charge >= 0.3 is 5.97 Å². The van der Waals surface area contributed by atoms with Crippen molar-refractivity contribution >= 4 is 24.3 Å². The number of esters is 1. The molecule has 0 aromatic carbocycles. The Morgan fingerprint density at radius 1 is 1.53 bits per heavy atom. The lowest BCUT2D eigenvalue weighted by atomic mass is 10.1. The fourth-order valence-corrected chi connectivity index (χ4v) is 1.88. The van der Waals surface area contributed by atoms with E-state index < -0.39 is 6.04 Å². The number of hydrogen-bond donors (Lipinski definition) is 2. The fraction of sp³-hybridized carbons (Fsp3) is 0.818. The van der Waals surface area contributed by atoms with E-state index in [1.54, 1.807) is 0 Å². The third-order valence-electron chi connectivity index (χ3n) is 2.82. The van der Waals surface area contributed by atoms with Gasteiger partial charge in [-0.3, -0.25) is 4.79 Å². The summed E-state index contributed by atoms with van der Waals surface area (Å²) in [6.45, 7) is 2.82. The molecule has 1 fully saturated rings. The summed E-state index contributed by atoms with van der Waals surface area (Å²) in [5.74, 6) is -0.466. The van der Waals surface area contributed by atoms with Crippen LogP contribution in [-0.2, 0) is 14.3 Å². The molecule has 2 N–H and O–H groups in total. The Hall–Kier alpha value is -0.810. The van der Waals surface area contributed by atoms with Gasteiger partial charge in [-0.25, -0.2) is 4.79 Å². The van der Waals surface area contributed by atoms with Gasteiger partial charge in [-0.2, -0.15) is 0 Å². The van der Waals surface area contributed by atoms with E-state index in [4.69, 9.17) is 0 Å². The van der Waals surface area contributed by atoms with E-state index in [0.717, 1.165) is 19.4 Å². The van der Waals surface area contributed by atoms with Crippen LogP contribution >= 0.6 is 12.4 Å². The second-order valence-electron chi connectivity index (χ2n) is 4.05. The number of carbonyl (C=O) groups is 2. The Labute approximate surface area is 108 Å². The van der Waals surface area contributed by atoms with Crippen LogP contribution in [0.4, 0.5) is 0 Å². The van der Waals surface area contributed by atoms with Crippen molar-refractivity contribution in [1.29, 1.82) is 0 Å². The summed E-state index contributed by atoms with van der Waals surface area (Å²) in [4.78, 5) is 22.9. The molecule has 2 atom stereocenters. The highest BCUT2D eigenvalue weighted by Crippen LogP contribution is 2.08. The van der Waals surface area contributed by atoms with Gasteiger partial charge in [0.25, 0.3) is 0 Å². The largest absolute Gasteiger partial charge is 0.467 e. The van der Waals surface area contributed by atoms with Gasteiger partial charge in [0.2, 0.25) is 5.91 Å². The summed E-state index contributed by atoms with van der Waals surface area (Å²) in [5.41, 5.74) is 0. The average molecular weight is 265 g/mol. The van der Waals surface area contributed by atoms with Crippen LogP contribution in [0.1, 0.15) is 32.6 Å². The van der Waals surface area contributed by atoms with E-state index in [2.05, 4.69) is 15.4 Å². The lowest BCUT2D eigenvalue weighted by molar-refractivity contribution is -0.145. The minimum atomic E-state index is -0.515. The highest BCUT2D eigenvalue weighted by molar-refractivity contribution is 5.85. The molecular formula is C11H21ClN2O3. The summed E-state index contributed by atoms with van der Waals surface area (Å²) < 4.78 is 4.60. The predicted molar refractivity (Wildman–Crippen MR) is 67.1 cm³/mol. The Balaban J connectivity index is 0.00000256. The van der Waals surface area contributed by atoms with Crippen molar-refractivity contribution in [3.63, 3.8) is 0 Å². The minimum absolute atomic E-state index is 0. The quantitative estimate of drug-likeness (QED) is 0.715. The summed E-state index contributed by atoms with van der Waals surface area (Å²) >= 11 is 0. The van der Waals surface area contributed by atoms with E-state index in [0.29, 0.717) is 12.8 Å². The van der Waals surface area contributed by atoms with Crippen LogP contribution in [0.3, 0.4) is 0 Å². The van der Waals surface area contributed by atoms with Gasteiger partial charge in [0, 0.05) is 12.5 Å². The maximum atomic E-state index is 11.6. The van der Waals surface area contributed by atoms with Crippen LogP contribution in [0, 0.1) is 0 Å². The lowest BCUT2D eigenvalue weighted by Crippen LogP contribution is -2.43. The lowest BCUT2D eigenvalue weighted by Gasteiger charge is -2.16. The second-order valence-corrected chi connectivity index (χ2v) is 4.05. The van der Waals surface area contributed by atoms with Crippen LogP contribution in [0.25, 0.3) is 0 Å². The molecule has 1 aliphatic heterocycles. The zero-order valence-corrected chi connectivity index (χ0v) is 11.1. The zero-order valence-electron chi connectivity index (χ0n) is 10.3. The maximum absolute atomic E-state index is 11.6. The van der Waals surface area contributed by atoms with Crippen LogP contribution in [0.2, 0.25) is 0 Å². The van der Waals surface area contributed by atoms with E-state index >= 15 is 0 Å². The zero-order chi connectivity index (χ0) is 12.0. The molecule has 0 aromatic rings. The molecule has 1 heterocycles. The molecule has 6 heteroatoms. The number of nitrogens with one attached hydrogen (secondary N) is 2. The first-order valence-electron chi connectivity index (χ1n) is 5.78. The van der Waals surface area contributed by atoms with Gasteiger partial charge in [-0.15, -0.1) is 12.4 Å². The topological polar surface area (TPSA) is 67.4 Å². The number of amides is 1. The van der Waals surface area contributed by atoms with Crippen molar-refractivity contribution in [3.8, 4) is 0 Å². The average Bonchev–Trinajstić information content (AvgIpc) is 2.77. The molecule has 0 radical (unpaired) electrons. The van der Waals surface area contributed by atoms with Crippen molar-refractivity contribution in [2.24, 2.45) is 0 Å². The fourth-order valence-electron chi connectivity index (χ4n) is 1.88. The van der Waals surface area contributed by atoms with Crippen LogP contribution in [0.5, 0.6) is 0 Å².